The van der Waals surface area contributed by atoms with Crippen molar-refractivity contribution < 1.29 is 4.74 Å². The molecule has 0 aromatic heterocycles. The Hall–Kier alpha value is -0.900. The van der Waals surface area contributed by atoms with Gasteiger partial charge in [0.15, 0.2) is 0 Å². The molecule has 1 aliphatic heterocycles. The molecule has 2 atom stereocenters. The van der Waals surface area contributed by atoms with E-state index in [-0.39, 0.29) is 5.54 Å². The molecule has 1 heterocycles. The molecular weight excluding hydrogens is 236 g/mol. The summed E-state index contributed by atoms with van der Waals surface area (Å²) in [5.41, 5.74) is 9.23. The number of likely N-dealkylation sites (tertiary alicyclic amines) is 1. The number of fused-ring (bicyclic) bond motifs is 1. The Morgan fingerprint density at radius 3 is 3.00 bits per heavy atom. The minimum Gasteiger partial charge on any atom is -0.380 e. The van der Waals surface area contributed by atoms with E-state index in [0.29, 0.717) is 12.6 Å². The second-order valence-corrected chi connectivity index (χ2v) is 5.84. The van der Waals surface area contributed by atoms with Crippen LogP contribution in [0.5, 0.6) is 0 Å². The SMILES string of the molecule is COC1CCN(C2(CN)CCCc3ccccc32)C1. The molecule has 0 radical (unpaired) electrons. The van der Waals surface area contributed by atoms with E-state index in [1.807, 2.05) is 7.11 Å². The summed E-state index contributed by atoms with van der Waals surface area (Å²) in [6, 6.07) is 8.84. The Morgan fingerprint density at radius 1 is 1.42 bits per heavy atom. The number of methoxy groups -OCH3 is 1. The highest BCUT2D eigenvalue weighted by molar-refractivity contribution is 5.37. The number of aryl methyl sites for hydroxylation is 1. The van der Waals surface area contributed by atoms with Gasteiger partial charge in [-0.25, -0.2) is 0 Å². The number of hydrogen-bond acceptors (Lipinski definition) is 3. The van der Waals surface area contributed by atoms with Crippen LogP contribution >= 0.6 is 0 Å². The van der Waals surface area contributed by atoms with E-state index in [2.05, 4.69) is 29.2 Å². The highest BCUT2D eigenvalue weighted by Gasteiger charge is 2.43. The van der Waals surface area contributed by atoms with Gasteiger partial charge in [0.2, 0.25) is 0 Å². The summed E-state index contributed by atoms with van der Waals surface area (Å²) in [5, 5.41) is 0. The van der Waals surface area contributed by atoms with Crippen LogP contribution < -0.4 is 5.73 Å². The first kappa shape index (κ1) is 13.1. The van der Waals surface area contributed by atoms with Crippen LogP contribution in [0.2, 0.25) is 0 Å². The maximum Gasteiger partial charge on any atom is 0.0710 e. The fourth-order valence-electron chi connectivity index (χ4n) is 3.88. The molecule has 1 saturated heterocycles. The summed E-state index contributed by atoms with van der Waals surface area (Å²) >= 11 is 0. The van der Waals surface area contributed by atoms with Gasteiger partial charge in [-0.05, 0) is 36.8 Å². The number of benzene rings is 1. The van der Waals surface area contributed by atoms with Gasteiger partial charge in [-0.3, -0.25) is 4.90 Å². The van der Waals surface area contributed by atoms with Crippen LogP contribution in [-0.2, 0) is 16.7 Å². The van der Waals surface area contributed by atoms with Crippen LogP contribution in [0.4, 0.5) is 0 Å². The molecule has 2 N–H and O–H groups in total. The fourth-order valence-corrected chi connectivity index (χ4v) is 3.88. The lowest BCUT2D eigenvalue weighted by Crippen LogP contribution is -2.52. The van der Waals surface area contributed by atoms with Crippen molar-refractivity contribution in [2.24, 2.45) is 5.73 Å². The monoisotopic (exact) mass is 260 g/mol. The summed E-state index contributed by atoms with van der Waals surface area (Å²) < 4.78 is 5.53. The van der Waals surface area contributed by atoms with Gasteiger partial charge in [-0.15, -0.1) is 0 Å². The zero-order chi connectivity index (χ0) is 13.3. The van der Waals surface area contributed by atoms with Crippen LogP contribution in [0.1, 0.15) is 30.4 Å². The lowest BCUT2D eigenvalue weighted by molar-refractivity contribution is 0.0623. The average Bonchev–Trinajstić information content (AvgIpc) is 2.96. The number of rotatable bonds is 3. The van der Waals surface area contributed by atoms with Crippen molar-refractivity contribution in [3.63, 3.8) is 0 Å². The van der Waals surface area contributed by atoms with E-state index in [1.54, 1.807) is 0 Å². The van der Waals surface area contributed by atoms with E-state index in [1.165, 1.54) is 30.4 Å². The maximum atomic E-state index is 6.24. The highest BCUT2D eigenvalue weighted by atomic mass is 16.5. The number of nitrogens with zero attached hydrogens (tertiary/aromatic N) is 1. The van der Waals surface area contributed by atoms with E-state index in [0.717, 1.165) is 19.5 Å². The largest absolute Gasteiger partial charge is 0.380 e. The van der Waals surface area contributed by atoms with Gasteiger partial charge in [-0.1, -0.05) is 24.3 Å². The van der Waals surface area contributed by atoms with Gasteiger partial charge >= 0.3 is 0 Å². The van der Waals surface area contributed by atoms with Crippen LogP contribution in [0, 0.1) is 0 Å². The summed E-state index contributed by atoms with van der Waals surface area (Å²) in [6.45, 7) is 2.83. The predicted molar refractivity (Wildman–Crippen MR) is 77.1 cm³/mol. The van der Waals surface area contributed by atoms with E-state index < -0.39 is 0 Å². The smallest absolute Gasteiger partial charge is 0.0710 e. The Morgan fingerprint density at radius 2 is 2.26 bits per heavy atom. The molecule has 3 rings (SSSR count). The van der Waals surface area contributed by atoms with Gasteiger partial charge in [0, 0.05) is 26.7 Å². The van der Waals surface area contributed by atoms with Crippen LogP contribution in [0.25, 0.3) is 0 Å². The van der Waals surface area contributed by atoms with Crippen LogP contribution in [0.3, 0.4) is 0 Å². The topological polar surface area (TPSA) is 38.5 Å². The van der Waals surface area contributed by atoms with E-state index >= 15 is 0 Å². The molecule has 1 aromatic carbocycles. The molecule has 0 spiro atoms. The normalized spacial score (nSPS) is 31.4. The van der Waals surface area contributed by atoms with Crippen molar-refractivity contribution in [3.8, 4) is 0 Å². The molecule has 2 aliphatic rings. The first-order chi connectivity index (χ1) is 9.30. The molecule has 19 heavy (non-hydrogen) atoms. The van der Waals surface area contributed by atoms with Gasteiger partial charge < -0.3 is 10.5 Å². The minimum atomic E-state index is 0.0438. The third kappa shape index (κ3) is 2.10. The van der Waals surface area contributed by atoms with Crippen LogP contribution in [-0.4, -0.2) is 37.7 Å². The molecule has 3 heteroatoms. The zero-order valence-corrected chi connectivity index (χ0v) is 11.8. The second kappa shape index (κ2) is 5.23. The first-order valence-corrected chi connectivity index (χ1v) is 7.36. The first-order valence-electron chi connectivity index (χ1n) is 7.36. The Balaban J connectivity index is 1.96. The van der Waals surface area contributed by atoms with Crippen molar-refractivity contribution in [1.82, 2.24) is 4.90 Å². The van der Waals surface area contributed by atoms with E-state index in [9.17, 15) is 0 Å². The molecule has 1 aliphatic carbocycles. The predicted octanol–water partition coefficient (Wildman–Crippen LogP) is 1.90. The van der Waals surface area contributed by atoms with Crippen molar-refractivity contribution in [3.05, 3.63) is 35.4 Å². The van der Waals surface area contributed by atoms with Crippen molar-refractivity contribution >= 4 is 0 Å². The second-order valence-electron chi connectivity index (χ2n) is 5.84. The van der Waals surface area contributed by atoms with Crippen molar-refractivity contribution in [1.29, 1.82) is 0 Å². The quantitative estimate of drug-likeness (QED) is 0.902. The molecule has 2 unspecified atom stereocenters. The molecule has 0 saturated carbocycles. The lowest BCUT2D eigenvalue weighted by Gasteiger charge is -2.45. The standard InChI is InChI=1S/C16H24N2O/c1-19-14-8-10-18(11-14)16(12-17)9-4-6-13-5-2-3-7-15(13)16/h2-3,5,7,14H,4,6,8-12,17H2,1H3. The molecule has 3 nitrogen and oxygen atoms in total. The van der Waals surface area contributed by atoms with Gasteiger partial charge in [0.05, 0.1) is 11.6 Å². The molecule has 1 aromatic rings. The fraction of sp³-hybridized carbons (Fsp3) is 0.625. The van der Waals surface area contributed by atoms with Crippen molar-refractivity contribution in [2.45, 2.75) is 37.3 Å². The molecule has 104 valence electrons. The Kier molecular flexibility index (Phi) is 3.61. The van der Waals surface area contributed by atoms with Crippen molar-refractivity contribution in [2.75, 3.05) is 26.7 Å². The molecule has 0 bridgehead atoms. The van der Waals surface area contributed by atoms with Gasteiger partial charge in [-0.2, -0.15) is 0 Å². The average molecular weight is 260 g/mol. The molecule has 0 amide bonds. The maximum absolute atomic E-state index is 6.24. The highest BCUT2D eigenvalue weighted by Crippen LogP contribution is 2.41. The number of nitrogens with two attached hydrogens (primary N) is 1. The third-order valence-electron chi connectivity index (χ3n) is 4.98. The Bertz CT molecular complexity index is 448. The Labute approximate surface area is 115 Å². The third-order valence-corrected chi connectivity index (χ3v) is 4.98. The van der Waals surface area contributed by atoms with Gasteiger partial charge in [0.25, 0.3) is 0 Å². The number of hydrogen-bond donors (Lipinski definition) is 1. The van der Waals surface area contributed by atoms with Crippen LogP contribution in [0.15, 0.2) is 24.3 Å². The molecule has 1 fully saturated rings. The lowest BCUT2D eigenvalue weighted by atomic mass is 9.75. The summed E-state index contributed by atoms with van der Waals surface area (Å²) in [5.74, 6) is 0. The summed E-state index contributed by atoms with van der Waals surface area (Å²) in [6.07, 6.45) is 5.11. The van der Waals surface area contributed by atoms with Gasteiger partial charge in [0.1, 0.15) is 0 Å². The zero-order valence-electron chi connectivity index (χ0n) is 11.8. The number of ether oxygens (including phenoxy) is 1. The minimum absolute atomic E-state index is 0.0438. The molecular formula is C16H24N2O. The summed E-state index contributed by atoms with van der Waals surface area (Å²) in [7, 11) is 1.82. The van der Waals surface area contributed by atoms with E-state index in [4.69, 9.17) is 10.5 Å². The summed E-state index contributed by atoms with van der Waals surface area (Å²) in [4.78, 5) is 2.57.